The maximum atomic E-state index is 4.42. The van der Waals surface area contributed by atoms with E-state index in [1.165, 1.54) is 42.1 Å². The minimum atomic E-state index is 0.763. The Labute approximate surface area is 112 Å². The summed E-state index contributed by atoms with van der Waals surface area (Å²) >= 11 is 1.27. The Morgan fingerprint density at radius 1 is 1.33 bits per heavy atom. The molecule has 0 atom stereocenters. The Hall–Kier alpha value is -1.42. The quantitative estimate of drug-likeness (QED) is 0.904. The number of nitrogens with one attached hydrogen (secondary N) is 1. The summed E-state index contributed by atoms with van der Waals surface area (Å²) < 4.78 is 8.73. The average molecular weight is 259 g/mol. The van der Waals surface area contributed by atoms with Crippen LogP contribution in [0.25, 0.3) is 11.3 Å². The first-order chi connectivity index (χ1) is 8.88. The molecule has 0 amide bonds. The van der Waals surface area contributed by atoms with E-state index < -0.39 is 0 Å². The van der Waals surface area contributed by atoms with Crippen LogP contribution in [0.1, 0.15) is 37.7 Å². The Kier molecular flexibility index (Phi) is 3.28. The van der Waals surface area contributed by atoms with Gasteiger partial charge in [0.15, 0.2) is 5.82 Å². The monoisotopic (exact) mass is 259 g/mol. The van der Waals surface area contributed by atoms with Crippen molar-refractivity contribution in [1.82, 2.24) is 8.75 Å². The predicted octanol–water partition coefficient (Wildman–Crippen LogP) is 3.90. The Bertz CT molecular complexity index is 531. The molecule has 1 N–H and O–H groups in total. The number of rotatable bonds is 4. The fourth-order valence-corrected chi connectivity index (χ4v) is 2.89. The number of anilines is 1. The zero-order valence-corrected chi connectivity index (χ0v) is 11.3. The van der Waals surface area contributed by atoms with Crippen LogP contribution in [0, 0.1) is 0 Å². The van der Waals surface area contributed by atoms with Gasteiger partial charge in [0.25, 0.3) is 0 Å². The lowest BCUT2D eigenvalue weighted by atomic mass is 9.79. The molecule has 1 saturated carbocycles. The van der Waals surface area contributed by atoms with Crippen LogP contribution in [0.15, 0.2) is 24.3 Å². The van der Waals surface area contributed by atoms with E-state index in [4.69, 9.17) is 0 Å². The summed E-state index contributed by atoms with van der Waals surface area (Å²) in [7, 11) is 0. The lowest BCUT2D eigenvalue weighted by molar-refractivity contribution is 0.420. The molecule has 4 heteroatoms. The Balaban J connectivity index is 1.92. The van der Waals surface area contributed by atoms with E-state index in [9.17, 15) is 0 Å². The summed E-state index contributed by atoms with van der Waals surface area (Å²) in [5.41, 5.74) is 3.63. The molecule has 1 fully saturated rings. The second-order valence-electron chi connectivity index (χ2n) is 4.75. The SMILES string of the molecule is CCNc1nsnc1-c1cccc(C2CCC2)c1. The molecular weight excluding hydrogens is 242 g/mol. The fourth-order valence-electron chi connectivity index (χ4n) is 2.34. The Morgan fingerprint density at radius 2 is 2.22 bits per heavy atom. The van der Waals surface area contributed by atoms with Crippen LogP contribution in [-0.2, 0) is 0 Å². The minimum Gasteiger partial charge on any atom is -0.368 e. The van der Waals surface area contributed by atoms with Crippen LogP contribution in [-0.4, -0.2) is 15.3 Å². The van der Waals surface area contributed by atoms with Crippen molar-refractivity contribution in [2.75, 3.05) is 11.9 Å². The summed E-state index contributed by atoms with van der Waals surface area (Å²) in [5, 5.41) is 3.27. The molecule has 3 rings (SSSR count). The fraction of sp³-hybridized carbons (Fsp3) is 0.429. The normalized spacial score (nSPS) is 15.4. The van der Waals surface area contributed by atoms with Gasteiger partial charge in [-0.25, -0.2) is 0 Å². The van der Waals surface area contributed by atoms with Crippen molar-refractivity contribution in [3.63, 3.8) is 0 Å². The van der Waals surface area contributed by atoms with Crippen molar-refractivity contribution in [1.29, 1.82) is 0 Å². The molecule has 18 heavy (non-hydrogen) atoms. The van der Waals surface area contributed by atoms with E-state index in [-0.39, 0.29) is 0 Å². The van der Waals surface area contributed by atoms with Crippen LogP contribution in [0.4, 0.5) is 5.82 Å². The van der Waals surface area contributed by atoms with Crippen molar-refractivity contribution >= 4 is 17.5 Å². The average Bonchev–Trinajstić information content (AvgIpc) is 2.76. The Morgan fingerprint density at radius 3 is 2.94 bits per heavy atom. The minimum absolute atomic E-state index is 0.763. The van der Waals surface area contributed by atoms with E-state index in [0.717, 1.165) is 24.0 Å². The van der Waals surface area contributed by atoms with Crippen molar-refractivity contribution in [3.05, 3.63) is 29.8 Å². The molecule has 2 aromatic rings. The van der Waals surface area contributed by atoms with Gasteiger partial charge in [-0.3, -0.25) is 0 Å². The summed E-state index contributed by atoms with van der Waals surface area (Å²) in [5.74, 6) is 1.67. The number of benzene rings is 1. The van der Waals surface area contributed by atoms with Crippen LogP contribution in [0.5, 0.6) is 0 Å². The molecule has 1 aromatic heterocycles. The molecule has 1 aliphatic carbocycles. The van der Waals surface area contributed by atoms with Gasteiger partial charge in [-0.1, -0.05) is 24.6 Å². The van der Waals surface area contributed by atoms with E-state index in [1.807, 2.05) is 0 Å². The first-order valence-corrected chi connectivity index (χ1v) is 7.28. The van der Waals surface area contributed by atoms with Gasteiger partial charge < -0.3 is 5.32 Å². The van der Waals surface area contributed by atoms with E-state index in [2.05, 4.69) is 45.3 Å². The third-order valence-corrected chi connectivity index (χ3v) is 4.10. The van der Waals surface area contributed by atoms with Gasteiger partial charge in [0.05, 0.1) is 11.7 Å². The van der Waals surface area contributed by atoms with Gasteiger partial charge in [0.1, 0.15) is 5.69 Å². The van der Waals surface area contributed by atoms with Crippen molar-refractivity contribution in [2.24, 2.45) is 0 Å². The van der Waals surface area contributed by atoms with Crippen LogP contribution in [0.2, 0.25) is 0 Å². The standard InChI is InChI=1S/C14H17N3S/c1-2-15-14-13(16-18-17-14)12-8-4-7-11(9-12)10-5-3-6-10/h4,7-10H,2-3,5-6H2,1H3,(H,15,17). The largest absolute Gasteiger partial charge is 0.368 e. The van der Waals surface area contributed by atoms with Crippen molar-refractivity contribution < 1.29 is 0 Å². The second kappa shape index (κ2) is 5.06. The summed E-state index contributed by atoms with van der Waals surface area (Å²) in [6, 6.07) is 8.78. The molecule has 0 spiro atoms. The summed E-state index contributed by atoms with van der Waals surface area (Å²) in [4.78, 5) is 0. The second-order valence-corrected chi connectivity index (χ2v) is 5.27. The summed E-state index contributed by atoms with van der Waals surface area (Å²) in [6.07, 6.45) is 4.04. The van der Waals surface area contributed by atoms with E-state index in [0.29, 0.717) is 0 Å². The predicted molar refractivity (Wildman–Crippen MR) is 76.1 cm³/mol. The third-order valence-electron chi connectivity index (χ3n) is 3.57. The lowest BCUT2D eigenvalue weighted by Gasteiger charge is -2.26. The highest BCUT2D eigenvalue weighted by Gasteiger charge is 2.20. The van der Waals surface area contributed by atoms with E-state index in [1.54, 1.807) is 0 Å². The van der Waals surface area contributed by atoms with Crippen molar-refractivity contribution in [3.8, 4) is 11.3 Å². The molecule has 1 aromatic carbocycles. The molecule has 0 radical (unpaired) electrons. The molecular formula is C14H17N3S. The smallest absolute Gasteiger partial charge is 0.168 e. The first kappa shape index (κ1) is 11.7. The third kappa shape index (κ3) is 2.12. The number of aromatic nitrogens is 2. The highest BCUT2D eigenvalue weighted by atomic mass is 32.1. The summed E-state index contributed by atoms with van der Waals surface area (Å²) in [6.45, 7) is 2.95. The maximum Gasteiger partial charge on any atom is 0.168 e. The van der Waals surface area contributed by atoms with Crippen LogP contribution in [0.3, 0.4) is 0 Å². The zero-order chi connectivity index (χ0) is 12.4. The van der Waals surface area contributed by atoms with Gasteiger partial charge in [0, 0.05) is 12.1 Å². The molecule has 0 bridgehead atoms. The topological polar surface area (TPSA) is 37.8 Å². The highest BCUT2D eigenvalue weighted by Crippen LogP contribution is 2.38. The molecule has 1 aliphatic rings. The lowest BCUT2D eigenvalue weighted by Crippen LogP contribution is -2.08. The molecule has 0 aliphatic heterocycles. The molecule has 0 unspecified atom stereocenters. The maximum absolute atomic E-state index is 4.42. The molecule has 94 valence electrons. The van der Waals surface area contributed by atoms with E-state index >= 15 is 0 Å². The number of hydrogen-bond acceptors (Lipinski definition) is 4. The van der Waals surface area contributed by atoms with Gasteiger partial charge >= 0.3 is 0 Å². The van der Waals surface area contributed by atoms with Gasteiger partial charge in [-0.05, 0) is 37.3 Å². The van der Waals surface area contributed by atoms with Gasteiger partial charge in [0.2, 0.25) is 0 Å². The molecule has 3 nitrogen and oxygen atoms in total. The zero-order valence-electron chi connectivity index (χ0n) is 10.5. The van der Waals surface area contributed by atoms with Gasteiger partial charge in [-0.2, -0.15) is 8.75 Å². The van der Waals surface area contributed by atoms with Crippen LogP contribution >= 0.6 is 11.7 Å². The highest BCUT2D eigenvalue weighted by molar-refractivity contribution is 6.99. The first-order valence-electron chi connectivity index (χ1n) is 6.55. The molecule has 0 saturated heterocycles. The molecule has 1 heterocycles. The van der Waals surface area contributed by atoms with Crippen LogP contribution < -0.4 is 5.32 Å². The van der Waals surface area contributed by atoms with Gasteiger partial charge in [-0.15, -0.1) is 0 Å². The number of hydrogen-bond donors (Lipinski definition) is 1. The van der Waals surface area contributed by atoms with Crippen molar-refractivity contribution in [2.45, 2.75) is 32.1 Å². The number of nitrogens with zero attached hydrogens (tertiary/aromatic N) is 2.